The number of hydrogen-bond donors (Lipinski definition) is 2. The molecule has 2 aromatic rings. The molecule has 0 unspecified atom stereocenters. The summed E-state index contributed by atoms with van der Waals surface area (Å²) in [5.41, 5.74) is 0.740. The number of aromatic amines is 1. The van der Waals surface area contributed by atoms with E-state index in [2.05, 4.69) is 15.3 Å². The fourth-order valence-electron chi connectivity index (χ4n) is 4.65. The van der Waals surface area contributed by atoms with Crippen LogP contribution in [0.5, 0.6) is 0 Å². The van der Waals surface area contributed by atoms with Gasteiger partial charge in [0, 0.05) is 55.4 Å². The highest BCUT2D eigenvalue weighted by Crippen LogP contribution is 2.28. The molecule has 2 N–H and O–H groups in total. The molecule has 4 rings (SSSR count). The summed E-state index contributed by atoms with van der Waals surface area (Å²) in [6.45, 7) is 0.637. The number of nitrogens with one attached hydrogen (secondary N) is 2. The molecule has 1 aliphatic carbocycles. The van der Waals surface area contributed by atoms with E-state index in [4.69, 9.17) is 23.2 Å². The zero-order chi connectivity index (χ0) is 25.0. The van der Waals surface area contributed by atoms with Gasteiger partial charge in [0.2, 0.25) is 21.8 Å². The van der Waals surface area contributed by atoms with E-state index in [1.54, 1.807) is 11.1 Å². The summed E-state index contributed by atoms with van der Waals surface area (Å²) in [5, 5.41) is 3.33. The molecule has 1 saturated heterocycles. The van der Waals surface area contributed by atoms with Crippen molar-refractivity contribution in [1.29, 1.82) is 0 Å². The lowest BCUT2D eigenvalue weighted by atomic mass is 9.88. The molecule has 2 heterocycles. The molecule has 2 amide bonds. The highest BCUT2D eigenvalue weighted by Gasteiger charge is 2.35. The predicted molar refractivity (Wildman–Crippen MR) is 133 cm³/mol. The van der Waals surface area contributed by atoms with Crippen LogP contribution in [-0.4, -0.2) is 71.6 Å². The van der Waals surface area contributed by atoms with Gasteiger partial charge < -0.3 is 15.2 Å². The van der Waals surface area contributed by atoms with Gasteiger partial charge in [-0.2, -0.15) is 4.31 Å². The summed E-state index contributed by atoms with van der Waals surface area (Å²) < 4.78 is 27.5. The fourth-order valence-corrected chi connectivity index (χ4v) is 6.81. The molecule has 1 atom stereocenters. The predicted octanol–water partition coefficient (Wildman–Crippen LogP) is 2.86. The van der Waals surface area contributed by atoms with Crippen LogP contribution in [0.3, 0.4) is 0 Å². The van der Waals surface area contributed by atoms with E-state index < -0.39 is 16.1 Å². The Kier molecular flexibility index (Phi) is 8.36. The molecule has 12 heteroatoms. The third-order valence-electron chi connectivity index (χ3n) is 6.63. The monoisotopic (exact) mass is 541 g/mol. The second-order valence-corrected chi connectivity index (χ2v) is 11.7. The second-order valence-electron chi connectivity index (χ2n) is 8.98. The third-order valence-corrected chi connectivity index (χ3v) is 9.25. The van der Waals surface area contributed by atoms with Gasteiger partial charge in [0.15, 0.2) is 0 Å². The van der Waals surface area contributed by atoms with E-state index in [0.29, 0.717) is 0 Å². The van der Waals surface area contributed by atoms with Gasteiger partial charge in [-0.3, -0.25) is 9.59 Å². The van der Waals surface area contributed by atoms with Crippen molar-refractivity contribution >= 4 is 45.0 Å². The average molecular weight is 542 g/mol. The molecule has 0 spiro atoms. The minimum atomic E-state index is -3.86. The van der Waals surface area contributed by atoms with Crippen molar-refractivity contribution in [3.05, 3.63) is 46.5 Å². The lowest BCUT2D eigenvalue weighted by molar-refractivity contribution is -0.138. The fraction of sp³-hybridized carbons (Fsp3) is 0.522. The maximum atomic E-state index is 13.4. The first-order valence-corrected chi connectivity index (χ1v) is 14.0. The van der Waals surface area contributed by atoms with Gasteiger partial charge in [-0.15, -0.1) is 0 Å². The van der Waals surface area contributed by atoms with E-state index in [1.165, 1.54) is 28.8 Å². The number of sulfonamides is 1. The highest BCUT2D eigenvalue weighted by atomic mass is 35.5. The molecular formula is C23H29Cl2N5O4S. The summed E-state index contributed by atoms with van der Waals surface area (Å²) >= 11 is 12.1. The third kappa shape index (κ3) is 6.17. The van der Waals surface area contributed by atoms with Crippen molar-refractivity contribution in [2.24, 2.45) is 5.92 Å². The normalized spacial score (nSPS) is 18.9. The smallest absolute Gasteiger partial charge is 0.245 e. The summed E-state index contributed by atoms with van der Waals surface area (Å²) in [6.07, 6.45) is 8.28. The summed E-state index contributed by atoms with van der Waals surface area (Å²) in [5.74, 6) is -0.411. The van der Waals surface area contributed by atoms with E-state index in [9.17, 15) is 18.0 Å². The molecule has 2 fully saturated rings. The Morgan fingerprint density at radius 2 is 1.83 bits per heavy atom. The number of aromatic nitrogens is 2. The minimum Gasteiger partial charge on any atom is -0.348 e. The highest BCUT2D eigenvalue weighted by molar-refractivity contribution is 7.89. The summed E-state index contributed by atoms with van der Waals surface area (Å²) in [6, 6.07) is 3.56. The maximum Gasteiger partial charge on any atom is 0.245 e. The molecule has 35 heavy (non-hydrogen) atoms. The Balaban J connectivity index is 1.43. The van der Waals surface area contributed by atoms with Gasteiger partial charge >= 0.3 is 0 Å². The van der Waals surface area contributed by atoms with Gasteiger partial charge in [0.25, 0.3) is 0 Å². The number of imidazole rings is 1. The first kappa shape index (κ1) is 25.9. The van der Waals surface area contributed by atoms with E-state index >= 15 is 0 Å². The Labute approximate surface area is 215 Å². The van der Waals surface area contributed by atoms with Crippen LogP contribution in [0.15, 0.2) is 35.6 Å². The second kappa shape index (κ2) is 11.3. The Hall–Kier alpha value is -2.14. The number of halogens is 2. The van der Waals surface area contributed by atoms with Crippen molar-refractivity contribution in [2.75, 3.05) is 26.2 Å². The number of rotatable bonds is 7. The van der Waals surface area contributed by atoms with Crippen LogP contribution >= 0.6 is 23.2 Å². The Morgan fingerprint density at radius 3 is 2.49 bits per heavy atom. The largest absolute Gasteiger partial charge is 0.348 e. The molecule has 0 bridgehead atoms. The average Bonchev–Trinajstić information content (AvgIpc) is 3.38. The van der Waals surface area contributed by atoms with Crippen molar-refractivity contribution in [3.63, 3.8) is 0 Å². The summed E-state index contributed by atoms with van der Waals surface area (Å²) in [7, 11) is -3.86. The number of H-pyrrole nitrogens is 1. The molecule has 190 valence electrons. The first-order chi connectivity index (χ1) is 16.8. The zero-order valence-electron chi connectivity index (χ0n) is 19.3. The number of carbonyl (C=O) groups excluding carboxylic acids is 2. The van der Waals surface area contributed by atoms with Gasteiger partial charge in [0.1, 0.15) is 10.9 Å². The standard InChI is InChI=1S/C23H29Cl2N5O4S/c24-17-6-7-19(25)21(12-17)35(33,34)30-10-8-29(9-11-30)23(32)20(13-18-14-26-15-27-18)28-22(31)16-4-2-1-3-5-16/h6-7,12,14-16,20H,1-5,8-11,13H2,(H,26,27)(H,28,31)/t20-/m0/s1. The quantitative estimate of drug-likeness (QED) is 0.559. The van der Waals surface area contributed by atoms with Gasteiger partial charge in [-0.05, 0) is 31.0 Å². The molecule has 0 radical (unpaired) electrons. The topological polar surface area (TPSA) is 115 Å². The SMILES string of the molecule is O=C(N[C@@H](Cc1cnc[nH]1)C(=O)N1CCN(S(=O)(=O)c2cc(Cl)ccc2Cl)CC1)C1CCCCC1. The lowest BCUT2D eigenvalue weighted by Crippen LogP contribution is -2.56. The number of amides is 2. The lowest BCUT2D eigenvalue weighted by Gasteiger charge is -2.36. The summed E-state index contributed by atoms with van der Waals surface area (Å²) in [4.78, 5) is 34.9. The van der Waals surface area contributed by atoms with Crippen LogP contribution in [-0.2, 0) is 26.0 Å². The van der Waals surface area contributed by atoms with Gasteiger partial charge in [-0.25, -0.2) is 13.4 Å². The molecule has 1 aromatic carbocycles. The molecule has 1 saturated carbocycles. The van der Waals surface area contributed by atoms with Crippen LogP contribution in [0.25, 0.3) is 0 Å². The van der Waals surface area contributed by atoms with Crippen LogP contribution in [0.1, 0.15) is 37.8 Å². The zero-order valence-corrected chi connectivity index (χ0v) is 21.6. The number of nitrogens with zero attached hydrogens (tertiary/aromatic N) is 3. The van der Waals surface area contributed by atoms with Crippen LogP contribution in [0, 0.1) is 5.92 Å². The van der Waals surface area contributed by atoms with Crippen LogP contribution < -0.4 is 5.32 Å². The van der Waals surface area contributed by atoms with Crippen LogP contribution in [0.2, 0.25) is 10.0 Å². The van der Waals surface area contributed by atoms with Crippen molar-refractivity contribution in [3.8, 4) is 0 Å². The minimum absolute atomic E-state index is 0.0525. The Morgan fingerprint density at radius 1 is 1.11 bits per heavy atom. The number of hydrogen-bond acceptors (Lipinski definition) is 5. The molecule has 9 nitrogen and oxygen atoms in total. The van der Waals surface area contributed by atoms with Crippen molar-refractivity contribution in [2.45, 2.75) is 49.5 Å². The van der Waals surface area contributed by atoms with E-state index in [0.717, 1.165) is 37.8 Å². The van der Waals surface area contributed by atoms with Crippen LogP contribution in [0.4, 0.5) is 0 Å². The number of benzene rings is 1. The van der Waals surface area contributed by atoms with Crippen molar-refractivity contribution in [1.82, 2.24) is 24.5 Å². The first-order valence-electron chi connectivity index (χ1n) is 11.8. The van der Waals surface area contributed by atoms with Gasteiger partial charge in [0.05, 0.1) is 11.3 Å². The maximum absolute atomic E-state index is 13.4. The van der Waals surface area contributed by atoms with E-state index in [-0.39, 0.29) is 65.3 Å². The molecule has 2 aliphatic rings. The van der Waals surface area contributed by atoms with E-state index in [1.807, 2.05) is 0 Å². The van der Waals surface area contributed by atoms with Gasteiger partial charge in [-0.1, -0.05) is 42.5 Å². The number of carbonyl (C=O) groups is 2. The molecule has 1 aromatic heterocycles. The Bertz CT molecular complexity index is 1140. The molecular weight excluding hydrogens is 513 g/mol. The van der Waals surface area contributed by atoms with Crippen molar-refractivity contribution < 1.29 is 18.0 Å². The molecule has 1 aliphatic heterocycles. The number of piperazine rings is 1.